The molecule has 19 heavy (non-hydrogen) atoms. The Labute approximate surface area is 115 Å². The second-order valence-electron chi connectivity index (χ2n) is 5.29. The molecule has 0 aromatic heterocycles. The van der Waals surface area contributed by atoms with E-state index in [0.717, 1.165) is 12.2 Å². The zero-order chi connectivity index (χ0) is 14.5. The minimum Gasteiger partial charge on any atom is -0.493 e. The van der Waals surface area contributed by atoms with Crippen LogP contribution in [0, 0.1) is 0 Å². The molecule has 0 radical (unpaired) electrons. The number of hydrogen-bond acceptors (Lipinski definition) is 3. The summed E-state index contributed by atoms with van der Waals surface area (Å²) in [6, 6.07) is 7.17. The van der Waals surface area contributed by atoms with Crippen molar-refractivity contribution < 1.29 is 9.53 Å². The van der Waals surface area contributed by atoms with Gasteiger partial charge in [-0.3, -0.25) is 4.79 Å². The van der Waals surface area contributed by atoms with Gasteiger partial charge in [-0.05, 0) is 44.5 Å². The summed E-state index contributed by atoms with van der Waals surface area (Å²) in [4.78, 5) is 13.8. The van der Waals surface area contributed by atoms with E-state index in [2.05, 4.69) is 20.8 Å². The van der Waals surface area contributed by atoms with Gasteiger partial charge in [0.05, 0.1) is 13.0 Å². The SMILES string of the molecule is CCC(C)(C)N(C)C(=O)CCOc1ccc(N)cc1. The molecule has 0 saturated carbocycles. The number of ether oxygens (including phenoxy) is 1. The average Bonchev–Trinajstić information content (AvgIpc) is 2.40. The van der Waals surface area contributed by atoms with E-state index in [1.807, 2.05) is 7.05 Å². The molecule has 2 N–H and O–H groups in total. The summed E-state index contributed by atoms with van der Waals surface area (Å²) in [6.07, 6.45) is 1.30. The Balaban J connectivity index is 2.41. The fourth-order valence-corrected chi connectivity index (χ4v) is 1.56. The zero-order valence-corrected chi connectivity index (χ0v) is 12.3. The van der Waals surface area contributed by atoms with Crippen LogP contribution in [-0.4, -0.2) is 30.0 Å². The number of hydrogen-bond donors (Lipinski definition) is 1. The fraction of sp³-hybridized carbons (Fsp3) is 0.533. The van der Waals surface area contributed by atoms with Crippen molar-refractivity contribution in [1.29, 1.82) is 0 Å². The molecule has 4 nitrogen and oxygen atoms in total. The lowest BCUT2D eigenvalue weighted by Crippen LogP contribution is -2.44. The highest BCUT2D eigenvalue weighted by Crippen LogP contribution is 2.18. The molecule has 0 aliphatic carbocycles. The average molecular weight is 264 g/mol. The van der Waals surface area contributed by atoms with Gasteiger partial charge >= 0.3 is 0 Å². The van der Waals surface area contributed by atoms with Crippen molar-refractivity contribution >= 4 is 11.6 Å². The lowest BCUT2D eigenvalue weighted by molar-refractivity contribution is -0.135. The van der Waals surface area contributed by atoms with Crippen LogP contribution in [0.15, 0.2) is 24.3 Å². The maximum absolute atomic E-state index is 12.0. The molecule has 0 fully saturated rings. The van der Waals surface area contributed by atoms with E-state index in [1.165, 1.54) is 0 Å². The first-order chi connectivity index (χ1) is 8.86. The Morgan fingerprint density at radius 1 is 1.32 bits per heavy atom. The summed E-state index contributed by atoms with van der Waals surface area (Å²) in [5.41, 5.74) is 6.18. The number of nitrogens with two attached hydrogens (primary N) is 1. The molecule has 0 bridgehead atoms. The van der Waals surface area contributed by atoms with Crippen LogP contribution in [0.4, 0.5) is 5.69 Å². The highest BCUT2D eigenvalue weighted by atomic mass is 16.5. The second-order valence-corrected chi connectivity index (χ2v) is 5.29. The van der Waals surface area contributed by atoms with Gasteiger partial charge in [-0.15, -0.1) is 0 Å². The standard InChI is InChI=1S/C15H24N2O2/c1-5-15(2,3)17(4)14(18)10-11-19-13-8-6-12(16)7-9-13/h6-9H,5,10-11,16H2,1-4H3. The molecular formula is C15H24N2O2. The van der Waals surface area contributed by atoms with Gasteiger partial charge in [0.15, 0.2) is 0 Å². The van der Waals surface area contributed by atoms with Crippen molar-refractivity contribution in [2.45, 2.75) is 39.2 Å². The maximum atomic E-state index is 12.0. The molecule has 106 valence electrons. The number of benzene rings is 1. The third-order valence-corrected chi connectivity index (χ3v) is 3.61. The van der Waals surface area contributed by atoms with E-state index in [4.69, 9.17) is 10.5 Å². The van der Waals surface area contributed by atoms with Crippen molar-refractivity contribution in [1.82, 2.24) is 4.90 Å². The normalized spacial score (nSPS) is 11.2. The number of nitrogen functional groups attached to an aromatic ring is 1. The highest BCUT2D eigenvalue weighted by Gasteiger charge is 2.25. The molecular weight excluding hydrogens is 240 g/mol. The predicted molar refractivity (Wildman–Crippen MR) is 78.1 cm³/mol. The maximum Gasteiger partial charge on any atom is 0.226 e. The van der Waals surface area contributed by atoms with Gasteiger partial charge in [-0.1, -0.05) is 6.92 Å². The molecule has 1 rings (SSSR count). The van der Waals surface area contributed by atoms with Crippen LogP contribution >= 0.6 is 0 Å². The molecule has 0 aliphatic heterocycles. The second kappa shape index (κ2) is 6.45. The monoisotopic (exact) mass is 264 g/mol. The molecule has 0 aliphatic rings. The Morgan fingerprint density at radius 2 is 1.89 bits per heavy atom. The van der Waals surface area contributed by atoms with E-state index in [9.17, 15) is 4.79 Å². The number of rotatable bonds is 6. The first-order valence-electron chi connectivity index (χ1n) is 6.62. The quantitative estimate of drug-likeness (QED) is 0.804. The van der Waals surface area contributed by atoms with Gasteiger partial charge in [-0.25, -0.2) is 0 Å². The van der Waals surface area contributed by atoms with Gasteiger partial charge in [-0.2, -0.15) is 0 Å². The van der Waals surface area contributed by atoms with Gasteiger partial charge in [0.1, 0.15) is 5.75 Å². The Hall–Kier alpha value is -1.71. The van der Waals surface area contributed by atoms with Gasteiger partial charge in [0.2, 0.25) is 5.91 Å². The summed E-state index contributed by atoms with van der Waals surface area (Å²) in [5, 5.41) is 0. The third kappa shape index (κ3) is 4.47. The summed E-state index contributed by atoms with van der Waals surface area (Å²) in [6.45, 7) is 6.58. The summed E-state index contributed by atoms with van der Waals surface area (Å²) < 4.78 is 5.53. The summed E-state index contributed by atoms with van der Waals surface area (Å²) in [7, 11) is 1.84. The lowest BCUT2D eigenvalue weighted by Gasteiger charge is -2.34. The Morgan fingerprint density at radius 3 is 2.42 bits per heavy atom. The van der Waals surface area contributed by atoms with E-state index in [1.54, 1.807) is 29.2 Å². The van der Waals surface area contributed by atoms with Crippen molar-refractivity contribution in [3.8, 4) is 5.75 Å². The summed E-state index contributed by atoms with van der Waals surface area (Å²) in [5.74, 6) is 0.835. The molecule has 0 heterocycles. The highest BCUT2D eigenvalue weighted by molar-refractivity contribution is 5.76. The van der Waals surface area contributed by atoms with Gasteiger partial charge in [0, 0.05) is 18.3 Å². The minimum absolute atomic E-state index is 0.0993. The van der Waals surface area contributed by atoms with Crippen molar-refractivity contribution in [3.63, 3.8) is 0 Å². The van der Waals surface area contributed by atoms with E-state index >= 15 is 0 Å². The van der Waals surface area contributed by atoms with Crippen molar-refractivity contribution in [2.24, 2.45) is 0 Å². The summed E-state index contributed by atoms with van der Waals surface area (Å²) >= 11 is 0. The van der Waals surface area contributed by atoms with Gasteiger partial charge in [0.25, 0.3) is 0 Å². The van der Waals surface area contributed by atoms with Crippen LogP contribution in [0.25, 0.3) is 0 Å². The van der Waals surface area contributed by atoms with Crippen molar-refractivity contribution in [3.05, 3.63) is 24.3 Å². The molecule has 0 saturated heterocycles. The van der Waals surface area contributed by atoms with Crippen LogP contribution in [0.5, 0.6) is 5.75 Å². The first kappa shape index (κ1) is 15.3. The third-order valence-electron chi connectivity index (χ3n) is 3.61. The van der Waals surface area contributed by atoms with Crippen LogP contribution in [0.2, 0.25) is 0 Å². The Kier molecular flexibility index (Phi) is 5.21. The van der Waals surface area contributed by atoms with Gasteiger partial charge < -0.3 is 15.4 Å². The number of amides is 1. The first-order valence-corrected chi connectivity index (χ1v) is 6.62. The topological polar surface area (TPSA) is 55.6 Å². The predicted octanol–water partition coefficient (Wildman–Crippen LogP) is 2.68. The van der Waals surface area contributed by atoms with Crippen molar-refractivity contribution in [2.75, 3.05) is 19.4 Å². The fourth-order valence-electron chi connectivity index (χ4n) is 1.56. The van der Waals surface area contributed by atoms with E-state index in [-0.39, 0.29) is 11.4 Å². The van der Waals surface area contributed by atoms with E-state index in [0.29, 0.717) is 18.7 Å². The number of carbonyl (C=O) groups excluding carboxylic acids is 1. The number of nitrogens with zero attached hydrogens (tertiary/aromatic N) is 1. The zero-order valence-electron chi connectivity index (χ0n) is 12.3. The molecule has 0 atom stereocenters. The smallest absolute Gasteiger partial charge is 0.226 e. The minimum atomic E-state index is -0.113. The molecule has 0 spiro atoms. The number of carbonyl (C=O) groups is 1. The lowest BCUT2D eigenvalue weighted by atomic mass is 10.00. The molecule has 0 unspecified atom stereocenters. The number of anilines is 1. The van der Waals surface area contributed by atoms with E-state index < -0.39 is 0 Å². The van der Waals surface area contributed by atoms with Crippen LogP contribution in [0.1, 0.15) is 33.6 Å². The molecule has 1 aromatic carbocycles. The largest absolute Gasteiger partial charge is 0.493 e. The molecule has 1 amide bonds. The Bertz CT molecular complexity index is 413. The van der Waals surface area contributed by atoms with Crippen LogP contribution in [-0.2, 0) is 4.79 Å². The van der Waals surface area contributed by atoms with Crippen LogP contribution < -0.4 is 10.5 Å². The van der Waals surface area contributed by atoms with Crippen LogP contribution in [0.3, 0.4) is 0 Å². The molecule has 4 heteroatoms. The molecule has 1 aromatic rings.